The van der Waals surface area contributed by atoms with Gasteiger partial charge in [-0.2, -0.15) is 0 Å². The molecule has 0 amide bonds. The van der Waals surface area contributed by atoms with Crippen LogP contribution in [0.15, 0.2) is 23.1 Å². The Hall–Kier alpha value is -1.07. The molecule has 1 aromatic carbocycles. The average molecular weight is 200 g/mol. The summed E-state index contributed by atoms with van der Waals surface area (Å²) in [6.45, 7) is 3.59. The molecule has 0 aliphatic carbocycles. The highest BCUT2D eigenvalue weighted by atomic mass is 32.2. The van der Waals surface area contributed by atoms with Crippen LogP contribution < -0.4 is 9.88 Å². The Morgan fingerprint density at radius 2 is 2.08 bits per heavy atom. The molecule has 0 spiro atoms. The Morgan fingerprint density at radius 3 is 2.54 bits per heavy atom. The lowest BCUT2D eigenvalue weighted by Gasteiger charge is -2.06. The van der Waals surface area contributed by atoms with E-state index in [4.69, 9.17) is 9.88 Å². The number of sulfonamides is 1. The first-order valence-electron chi connectivity index (χ1n) is 3.48. The number of ether oxygens (including phenoxy) is 1. The summed E-state index contributed by atoms with van der Waals surface area (Å²) in [6.07, 6.45) is 0. The molecule has 0 aliphatic heterocycles. The largest absolute Gasteiger partial charge is 0.495 e. The Morgan fingerprint density at radius 1 is 1.46 bits per heavy atom. The van der Waals surface area contributed by atoms with E-state index in [0.29, 0.717) is 5.56 Å². The van der Waals surface area contributed by atoms with Gasteiger partial charge in [0.2, 0.25) is 10.0 Å². The normalized spacial score (nSPS) is 11.3. The third-order valence-corrected chi connectivity index (χ3v) is 2.47. The monoisotopic (exact) mass is 200 g/mol. The second-order valence-corrected chi connectivity index (χ2v) is 4.06. The SMILES string of the molecule is [CH2]c1ccc(OC)c(S(N)(=O)=O)c1. The standard InChI is InChI=1S/C8H10NO3S/c1-6-3-4-7(12-2)8(5-6)13(9,10)11/h3-5H,1H2,2H3,(H2,9,10,11). The fourth-order valence-corrected chi connectivity index (χ4v) is 1.69. The molecule has 0 saturated carbocycles. The van der Waals surface area contributed by atoms with E-state index in [1.165, 1.54) is 19.2 Å². The molecule has 1 rings (SSSR count). The topological polar surface area (TPSA) is 69.4 Å². The maximum atomic E-state index is 11.0. The summed E-state index contributed by atoms with van der Waals surface area (Å²) >= 11 is 0. The van der Waals surface area contributed by atoms with Crippen LogP contribution in [-0.4, -0.2) is 15.5 Å². The van der Waals surface area contributed by atoms with Gasteiger partial charge in [-0.05, 0) is 24.6 Å². The first-order valence-corrected chi connectivity index (χ1v) is 5.02. The van der Waals surface area contributed by atoms with Crippen molar-refractivity contribution in [1.82, 2.24) is 0 Å². The Kier molecular flexibility index (Phi) is 2.58. The fraction of sp³-hybridized carbons (Fsp3) is 0.125. The number of primary sulfonamides is 1. The molecule has 0 aromatic heterocycles. The lowest BCUT2D eigenvalue weighted by molar-refractivity contribution is 0.402. The van der Waals surface area contributed by atoms with E-state index in [2.05, 4.69) is 6.92 Å². The molecule has 0 bridgehead atoms. The van der Waals surface area contributed by atoms with Crippen molar-refractivity contribution in [3.05, 3.63) is 30.7 Å². The number of nitrogens with two attached hydrogens (primary N) is 1. The highest BCUT2D eigenvalue weighted by Gasteiger charge is 2.14. The molecule has 5 heteroatoms. The van der Waals surface area contributed by atoms with E-state index >= 15 is 0 Å². The lowest BCUT2D eigenvalue weighted by Crippen LogP contribution is -2.13. The Balaban J connectivity index is 3.41. The zero-order valence-corrected chi connectivity index (χ0v) is 7.97. The van der Waals surface area contributed by atoms with Crippen molar-refractivity contribution in [3.8, 4) is 5.75 Å². The Bertz CT molecular complexity index is 411. The van der Waals surface area contributed by atoms with Crippen LogP contribution >= 0.6 is 0 Å². The number of hydrogen-bond donors (Lipinski definition) is 1. The Labute approximate surface area is 77.4 Å². The molecule has 0 atom stereocenters. The molecule has 1 radical (unpaired) electrons. The van der Waals surface area contributed by atoms with E-state index in [0.717, 1.165) is 0 Å². The summed E-state index contributed by atoms with van der Waals surface area (Å²) in [5, 5.41) is 4.97. The molecule has 0 heterocycles. The predicted molar refractivity (Wildman–Crippen MR) is 48.8 cm³/mol. The highest BCUT2D eigenvalue weighted by molar-refractivity contribution is 7.89. The first kappa shape index (κ1) is 10.0. The van der Waals surface area contributed by atoms with Crippen molar-refractivity contribution < 1.29 is 13.2 Å². The van der Waals surface area contributed by atoms with Crippen LogP contribution in [0.25, 0.3) is 0 Å². The van der Waals surface area contributed by atoms with Crippen LogP contribution in [0.1, 0.15) is 5.56 Å². The van der Waals surface area contributed by atoms with Gasteiger partial charge in [-0.3, -0.25) is 0 Å². The quantitative estimate of drug-likeness (QED) is 0.756. The van der Waals surface area contributed by atoms with Crippen LogP contribution in [-0.2, 0) is 10.0 Å². The van der Waals surface area contributed by atoms with Gasteiger partial charge in [-0.15, -0.1) is 0 Å². The van der Waals surface area contributed by atoms with Gasteiger partial charge in [0.05, 0.1) is 7.11 Å². The smallest absolute Gasteiger partial charge is 0.241 e. The molecular formula is C8H10NO3S. The van der Waals surface area contributed by atoms with Crippen molar-refractivity contribution in [2.24, 2.45) is 5.14 Å². The second-order valence-electron chi connectivity index (χ2n) is 2.53. The highest BCUT2D eigenvalue weighted by Crippen LogP contribution is 2.22. The van der Waals surface area contributed by atoms with Crippen molar-refractivity contribution >= 4 is 10.0 Å². The molecule has 2 N–H and O–H groups in total. The maximum absolute atomic E-state index is 11.0. The van der Waals surface area contributed by atoms with Gasteiger partial charge in [0.1, 0.15) is 10.6 Å². The minimum atomic E-state index is -3.73. The molecule has 0 unspecified atom stereocenters. The van der Waals surface area contributed by atoms with Crippen molar-refractivity contribution in [1.29, 1.82) is 0 Å². The first-order chi connectivity index (χ1) is 5.95. The summed E-state index contributed by atoms with van der Waals surface area (Å²) < 4.78 is 26.9. The molecule has 4 nitrogen and oxygen atoms in total. The maximum Gasteiger partial charge on any atom is 0.241 e. The van der Waals surface area contributed by atoms with Gasteiger partial charge < -0.3 is 4.74 Å². The second kappa shape index (κ2) is 3.35. The van der Waals surface area contributed by atoms with Gasteiger partial charge >= 0.3 is 0 Å². The van der Waals surface area contributed by atoms with E-state index in [1.54, 1.807) is 6.07 Å². The molecule has 0 aliphatic rings. The van der Waals surface area contributed by atoms with Gasteiger partial charge in [-0.1, -0.05) is 6.07 Å². The van der Waals surface area contributed by atoms with E-state index in [9.17, 15) is 8.42 Å². The molecular weight excluding hydrogens is 190 g/mol. The number of rotatable bonds is 2. The van der Waals surface area contributed by atoms with Gasteiger partial charge in [-0.25, -0.2) is 13.6 Å². The van der Waals surface area contributed by atoms with Crippen molar-refractivity contribution in [2.75, 3.05) is 7.11 Å². The zero-order chi connectivity index (χ0) is 10.1. The minimum Gasteiger partial charge on any atom is -0.495 e. The lowest BCUT2D eigenvalue weighted by atomic mass is 10.2. The van der Waals surface area contributed by atoms with Crippen molar-refractivity contribution in [2.45, 2.75) is 4.90 Å². The molecule has 71 valence electrons. The molecule has 1 aromatic rings. The third-order valence-electron chi connectivity index (χ3n) is 1.53. The summed E-state index contributed by atoms with van der Waals surface area (Å²) in [5.41, 5.74) is 0.574. The van der Waals surface area contributed by atoms with Crippen LogP contribution in [0.2, 0.25) is 0 Å². The van der Waals surface area contributed by atoms with Crippen LogP contribution in [0.3, 0.4) is 0 Å². The third kappa shape index (κ3) is 2.19. The van der Waals surface area contributed by atoms with Crippen molar-refractivity contribution in [3.63, 3.8) is 0 Å². The number of benzene rings is 1. The summed E-state index contributed by atoms with van der Waals surface area (Å²) in [7, 11) is -2.35. The molecule has 13 heavy (non-hydrogen) atoms. The van der Waals surface area contributed by atoms with Gasteiger partial charge in [0.25, 0.3) is 0 Å². The minimum absolute atomic E-state index is 0.0394. The summed E-state index contributed by atoms with van der Waals surface area (Å²) in [5.74, 6) is 0.231. The number of methoxy groups -OCH3 is 1. The fourth-order valence-electron chi connectivity index (χ4n) is 0.943. The summed E-state index contributed by atoms with van der Waals surface area (Å²) in [4.78, 5) is -0.0394. The van der Waals surface area contributed by atoms with Gasteiger partial charge in [0.15, 0.2) is 0 Å². The van der Waals surface area contributed by atoms with E-state index in [1.807, 2.05) is 0 Å². The van der Waals surface area contributed by atoms with Crippen LogP contribution in [0.5, 0.6) is 5.75 Å². The van der Waals surface area contributed by atoms with E-state index in [-0.39, 0.29) is 10.6 Å². The van der Waals surface area contributed by atoms with E-state index < -0.39 is 10.0 Å². The average Bonchev–Trinajstić information content (AvgIpc) is 2.03. The van der Waals surface area contributed by atoms with Crippen LogP contribution in [0, 0.1) is 6.92 Å². The summed E-state index contributed by atoms with van der Waals surface area (Å²) in [6, 6.07) is 4.53. The van der Waals surface area contributed by atoms with Crippen LogP contribution in [0.4, 0.5) is 0 Å². The van der Waals surface area contributed by atoms with Gasteiger partial charge in [0, 0.05) is 0 Å². The molecule has 0 saturated heterocycles. The zero-order valence-electron chi connectivity index (χ0n) is 7.15. The number of hydrogen-bond acceptors (Lipinski definition) is 3. The predicted octanol–water partition coefficient (Wildman–Crippen LogP) is 0.525. The molecule has 0 fully saturated rings.